The number of esters is 1. The number of amides is 2. The summed E-state index contributed by atoms with van der Waals surface area (Å²) < 4.78 is 12.4. The van der Waals surface area contributed by atoms with Crippen molar-refractivity contribution < 1.29 is 28.7 Å². The molecule has 51 heavy (non-hydrogen) atoms. The molecule has 0 aliphatic heterocycles. The van der Waals surface area contributed by atoms with Crippen molar-refractivity contribution in [3.05, 3.63) is 164 Å². The molecule has 0 fully saturated rings. The Morgan fingerprint density at radius 3 is 2.00 bits per heavy atom. The second-order valence-electron chi connectivity index (χ2n) is 12.0. The smallest absolute Gasteiger partial charge is 0.407 e. The lowest BCUT2D eigenvalue weighted by Crippen LogP contribution is -2.51. The maximum Gasteiger partial charge on any atom is 0.407 e. The van der Waals surface area contributed by atoms with Gasteiger partial charge >= 0.3 is 17.8 Å². The zero-order valence-corrected chi connectivity index (χ0v) is 27.6. The second kappa shape index (κ2) is 15.3. The van der Waals surface area contributed by atoms with Crippen LogP contribution in [0.25, 0.3) is 11.1 Å². The number of aryl methyl sites for hydroxylation is 1. The van der Waals surface area contributed by atoms with E-state index in [9.17, 15) is 28.8 Å². The van der Waals surface area contributed by atoms with Crippen molar-refractivity contribution in [1.29, 1.82) is 0 Å². The highest BCUT2D eigenvalue weighted by atomic mass is 16.5. The number of rotatable bonds is 11. The fourth-order valence-electron chi connectivity index (χ4n) is 6.01. The van der Waals surface area contributed by atoms with Gasteiger partial charge in [0, 0.05) is 23.2 Å². The van der Waals surface area contributed by atoms with Gasteiger partial charge < -0.3 is 20.1 Å². The predicted octanol–water partition coefficient (Wildman–Crippen LogP) is 3.77. The number of benzene rings is 4. The molecule has 0 saturated carbocycles. The van der Waals surface area contributed by atoms with Gasteiger partial charge in [0.25, 0.3) is 11.5 Å². The number of aromatic nitrogens is 2. The number of hydrogen-bond acceptors (Lipinski definition) is 8. The van der Waals surface area contributed by atoms with Gasteiger partial charge in [-0.2, -0.15) is 4.57 Å². The normalized spacial score (nSPS) is 12.3. The number of carbonyl (C=O) groups excluding carboxylic acids is 4. The molecule has 1 heterocycles. The summed E-state index contributed by atoms with van der Waals surface area (Å²) in [7, 11) is 0. The molecule has 4 aromatic carbocycles. The first-order valence-electron chi connectivity index (χ1n) is 16.2. The summed E-state index contributed by atoms with van der Waals surface area (Å²) in [6.45, 7) is 0.303. The minimum Gasteiger partial charge on any atom is -0.459 e. The maximum absolute atomic E-state index is 13.5. The topological polar surface area (TPSA) is 155 Å². The lowest BCUT2D eigenvalue weighted by Gasteiger charge is -2.20. The molecule has 0 unspecified atom stereocenters. The summed E-state index contributed by atoms with van der Waals surface area (Å²) in [6.07, 6.45) is 0.367. The van der Waals surface area contributed by atoms with E-state index in [-0.39, 0.29) is 30.3 Å². The lowest BCUT2D eigenvalue weighted by atomic mass is 9.98. The van der Waals surface area contributed by atoms with Crippen molar-refractivity contribution in [2.45, 2.75) is 32.0 Å². The van der Waals surface area contributed by atoms with Crippen molar-refractivity contribution in [3.8, 4) is 11.1 Å². The SMILES string of the molecule is Cc1cn(C[C@@H](NC(=O)CNC(=O)OCC2c3ccccc3-c3ccccc32)C(=O)OCc2ccccc2)c(=O)n(C(=O)c2ccccc2)c1=O. The number of carbonyl (C=O) groups is 4. The standard InChI is InChI=1S/C39H34N4O8/c1-25-21-42(39(49)43(35(25)45)36(46)27-14-6-3-7-15-27)22-33(37(47)50-23-26-12-4-2-5-13-26)41-34(44)20-40-38(48)51-24-32-30-18-10-8-16-28(30)29-17-9-11-19-31(29)32/h2-19,21,32-33H,20,22-24H2,1H3,(H,40,48)(H,41,44)/t33-/m1/s1. The molecular formula is C39H34N4O8. The fourth-order valence-corrected chi connectivity index (χ4v) is 6.01. The Kier molecular flexibility index (Phi) is 10.3. The van der Waals surface area contributed by atoms with E-state index < -0.39 is 54.3 Å². The molecule has 2 N–H and O–H groups in total. The van der Waals surface area contributed by atoms with Gasteiger partial charge in [-0.1, -0.05) is 97.1 Å². The van der Waals surface area contributed by atoms with Crippen LogP contribution in [0.2, 0.25) is 0 Å². The fraction of sp³-hybridized carbons (Fsp3) is 0.179. The third-order valence-corrected chi connectivity index (χ3v) is 8.51. The summed E-state index contributed by atoms with van der Waals surface area (Å²) in [5, 5.41) is 4.91. The number of hydrogen-bond donors (Lipinski definition) is 2. The molecule has 0 bridgehead atoms. The van der Waals surface area contributed by atoms with E-state index in [1.807, 2.05) is 48.5 Å². The summed E-state index contributed by atoms with van der Waals surface area (Å²) in [4.78, 5) is 78.8. The van der Waals surface area contributed by atoms with Crippen molar-refractivity contribution in [1.82, 2.24) is 19.8 Å². The van der Waals surface area contributed by atoms with Crippen LogP contribution in [-0.2, 0) is 32.2 Å². The van der Waals surface area contributed by atoms with Gasteiger partial charge in [0.15, 0.2) is 0 Å². The summed E-state index contributed by atoms with van der Waals surface area (Å²) >= 11 is 0. The van der Waals surface area contributed by atoms with Gasteiger partial charge in [0.05, 0.1) is 6.54 Å². The molecule has 5 aromatic rings. The van der Waals surface area contributed by atoms with Gasteiger partial charge in [-0.25, -0.2) is 14.4 Å². The van der Waals surface area contributed by atoms with Crippen LogP contribution in [0.5, 0.6) is 0 Å². The minimum absolute atomic E-state index is 0.0373. The zero-order valence-electron chi connectivity index (χ0n) is 27.6. The zero-order chi connectivity index (χ0) is 35.9. The molecule has 12 nitrogen and oxygen atoms in total. The lowest BCUT2D eigenvalue weighted by molar-refractivity contribution is -0.149. The first-order chi connectivity index (χ1) is 24.7. The summed E-state index contributed by atoms with van der Waals surface area (Å²) in [5.41, 5.74) is 3.23. The predicted molar refractivity (Wildman–Crippen MR) is 187 cm³/mol. The van der Waals surface area contributed by atoms with E-state index in [4.69, 9.17) is 9.47 Å². The molecular weight excluding hydrogens is 652 g/mol. The van der Waals surface area contributed by atoms with Crippen molar-refractivity contribution >= 4 is 23.9 Å². The maximum atomic E-state index is 13.5. The molecule has 2 amide bonds. The largest absolute Gasteiger partial charge is 0.459 e. The van der Waals surface area contributed by atoms with E-state index in [0.717, 1.165) is 26.8 Å². The number of alkyl carbamates (subject to hydrolysis) is 1. The van der Waals surface area contributed by atoms with Crippen molar-refractivity contribution in [3.63, 3.8) is 0 Å². The molecule has 0 saturated heterocycles. The Bertz CT molecular complexity index is 2170. The Morgan fingerprint density at radius 2 is 1.35 bits per heavy atom. The van der Waals surface area contributed by atoms with E-state index >= 15 is 0 Å². The monoisotopic (exact) mass is 686 g/mol. The van der Waals surface area contributed by atoms with Crippen LogP contribution in [0.15, 0.2) is 125 Å². The summed E-state index contributed by atoms with van der Waals surface area (Å²) in [6, 6.07) is 31.0. The van der Waals surface area contributed by atoms with Crippen LogP contribution < -0.4 is 21.9 Å². The quantitative estimate of drug-likeness (QED) is 0.199. The molecule has 1 aromatic heterocycles. The van der Waals surface area contributed by atoms with Gasteiger partial charge in [0.1, 0.15) is 25.8 Å². The van der Waals surface area contributed by atoms with Crippen molar-refractivity contribution in [2.75, 3.05) is 13.2 Å². The average molecular weight is 687 g/mol. The molecule has 0 radical (unpaired) electrons. The molecule has 1 atom stereocenters. The molecule has 12 heteroatoms. The molecule has 258 valence electrons. The Morgan fingerprint density at radius 1 is 0.765 bits per heavy atom. The number of ether oxygens (including phenoxy) is 2. The van der Waals surface area contributed by atoms with E-state index in [0.29, 0.717) is 10.1 Å². The Balaban J connectivity index is 1.14. The first kappa shape index (κ1) is 34.3. The van der Waals surface area contributed by atoms with E-state index in [1.54, 1.807) is 48.5 Å². The van der Waals surface area contributed by atoms with E-state index in [2.05, 4.69) is 10.6 Å². The molecule has 6 rings (SSSR count). The summed E-state index contributed by atoms with van der Waals surface area (Å²) in [5.74, 6) is -2.68. The van der Waals surface area contributed by atoms with Gasteiger partial charge in [-0.3, -0.25) is 19.0 Å². The average Bonchev–Trinajstić information content (AvgIpc) is 3.48. The molecule has 1 aliphatic rings. The van der Waals surface area contributed by atoms with Gasteiger partial charge in [-0.05, 0) is 46.9 Å². The highest BCUT2D eigenvalue weighted by Gasteiger charge is 2.30. The number of fused-ring (bicyclic) bond motifs is 3. The Hall–Kier alpha value is -6.56. The van der Waals surface area contributed by atoms with Crippen LogP contribution >= 0.6 is 0 Å². The highest BCUT2D eigenvalue weighted by Crippen LogP contribution is 2.44. The Labute approximate surface area is 292 Å². The third-order valence-electron chi connectivity index (χ3n) is 8.51. The van der Waals surface area contributed by atoms with Gasteiger partial charge in [-0.15, -0.1) is 0 Å². The third kappa shape index (κ3) is 7.70. The molecule has 1 aliphatic carbocycles. The molecule has 0 spiro atoms. The first-order valence-corrected chi connectivity index (χ1v) is 16.2. The number of nitrogens with zero attached hydrogens (tertiary/aromatic N) is 2. The van der Waals surface area contributed by atoms with E-state index in [1.165, 1.54) is 25.3 Å². The van der Waals surface area contributed by atoms with Crippen LogP contribution in [0.3, 0.4) is 0 Å². The van der Waals surface area contributed by atoms with Crippen LogP contribution in [0.4, 0.5) is 4.79 Å². The second-order valence-corrected chi connectivity index (χ2v) is 12.0. The van der Waals surface area contributed by atoms with Gasteiger partial charge in [0.2, 0.25) is 5.91 Å². The highest BCUT2D eigenvalue weighted by molar-refractivity contribution is 5.95. The number of nitrogens with one attached hydrogen (secondary N) is 2. The van der Waals surface area contributed by atoms with Crippen molar-refractivity contribution in [2.24, 2.45) is 0 Å². The van der Waals surface area contributed by atoms with Crippen LogP contribution in [0.1, 0.15) is 38.5 Å². The van der Waals surface area contributed by atoms with Crippen LogP contribution in [0, 0.1) is 6.92 Å². The minimum atomic E-state index is -1.44. The van der Waals surface area contributed by atoms with Crippen LogP contribution in [-0.4, -0.2) is 52.2 Å².